The molecule has 0 saturated carbocycles. The molecule has 2 rings (SSSR count). The van der Waals surface area contributed by atoms with E-state index in [1.807, 2.05) is 0 Å². The molecule has 1 unspecified atom stereocenters. The average Bonchev–Trinajstić information content (AvgIpc) is 2.32. The highest BCUT2D eigenvalue weighted by Gasteiger charge is 2.15. The monoisotopic (exact) mass is 284 g/mol. The van der Waals surface area contributed by atoms with Crippen LogP contribution in [-0.2, 0) is 6.42 Å². The van der Waals surface area contributed by atoms with E-state index in [2.05, 4.69) is 0 Å². The topological polar surface area (TPSA) is 20.2 Å². The van der Waals surface area contributed by atoms with E-state index >= 15 is 0 Å². The molecule has 1 atom stereocenters. The highest BCUT2D eigenvalue weighted by atomic mass is 35.5. The molecule has 4 heteroatoms. The van der Waals surface area contributed by atoms with Gasteiger partial charge in [0.2, 0.25) is 0 Å². The van der Waals surface area contributed by atoms with Crippen LogP contribution < -0.4 is 0 Å². The summed E-state index contributed by atoms with van der Waals surface area (Å²) in [6, 6.07) is 11.0. The van der Waals surface area contributed by atoms with Crippen LogP contribution in [0, 0.1) is 5.82 Å². The number of rotatable bonds is 3. The molecule has 0 radical (unpaired) electrons. The third kappa shape index (κ3) is 3.02. The molecule has 0 fully saturated rings. The fourth-order valence-corrected chi connectivity index (χ4v) is 2.42. The van der Waals surface area contributed by atoms with Crippen LogP contribution >= 0.6 is 23.2 Å². The first-order valence-corrected chi connectivity index (χ1v) is 6.20. The van der Waals surface area contributed by atoms with Crippen LogP contribution in [0.4, 0.5) is 4.39 Å². The Morgan fingerprint density at radius 2 is 1.56 bits per heavy atom. The Morgan fingerprint density at radius 3 is 2.11 bits per heavy atom. The smallest absolute Gasteiger partial charge is 0.123 e. The van der Waals surface area contributed by atoms with Crippen molar-refractivity contribution in [3.8, 4) is 0 Å². The van der Waals surface area contributed by atoms with Gasteiger partial charge in [0, 0.05) is 22.0 Å². The lowest BCUT2D eigenvalue weighted by Gasteiger charge is -2.14. The first kappa shape index (κ1) is 13.3. The maximum absolute atomic E-state index is 12.8. The van der Waals surface area contributed by atoms with Gasteiger partial charge in [0.15, 0.2) is 0 Å². The van der Waals surface area contributed by atoms with Gasteiger partial charge < -0.3 is 5.11 Å². The van der Waals surface area contributed by atoms with E-state index in [9.17, 15) is 9.50 Å². The summed E-state index contributed by atoms with van der Waals surface area (Å²) in [4.78, 5) is 0. The number of benzene rings is 2. The van der Waals surface area contributed by atoms with E-state index in [0.29, 0.717) is 22.0 Å². The third-order valence-corrected chi connectivity index (χ3v) is 3.33. The molecule has 1 nitrogen and oxygen atoms in total. The Kier molecular flexibility index (Phi) is 4.23. The summed E-state index contributed by atoms with van der Waals surface area (Å²) in [5, 5.41) is 11.0. The predicted molar refractivity (Wildman–Crippen MR) is 71.5 cm³/mol. The van der Waals surface area contributed by atoms with Gasteiger partial charge in [0.05, 0.1) is 6.10 Å². The average molecular weight is 285 g/mol. The highest BCUT2D eigenvalue weighted by molar-refractivity contribution is 6.36. The van der Waals surface area contributed by atoms with Crippen molar-refractivity contribution in [3.63, 3.8) is 0 Å². The lowest BCUT2D eigenvalue weighted by atomic mass is 10.0. The number of aliphatic hydroxyl groups is 1. The second-order valence-electron chi connectivity index (χ2n) is 3.98. The summed E-state index contributed by atoms with van der Waals surface area (Å²) in [6.45, 7) is 0. The van der Waals surface area contributed by atoms with Crippen LogP contribution in [0.3, 0.4) is 0 Å². The van der Waals surface area contributed by atoms with Crippen molar-refractivity contribution in [3.05, 3.63) is 69.5 Å². The zero-order valence-electron chi connectivity index (χ0n) is 9.41. The zero-order chi connectivity index (χ0) is 13.1. The molecule has 0 amide bonds. The van der Waals surface area contributed by atoms with Crippen molar-refractivity contribution >= 4 is 23.2 Å². The molecular weight excluding hydrogens is 274 g/mol. The molecule has 0 aliphatic heterocycles. The SMILES string of the molecule is OC(Cc1ccc(F)cc1)c1c(Cl)cccc1Cl. The van der Waals surface area contributed by atoms with E-state index in [1.165, 1.54) is 12.1 Å². The molecule has 94 valence electrons. The molecule has 0 aliphatic rings. The van der Waals surface area contributed by atoms with E-state index < -0.39 is 6.10 Å². The quantitative estimate of drug-likeness (QED) is 0.885. The van der Waals surface area contributed by atoms with Crippen LogP contribution in [0.25, 0.3) is 0 Å². The fourth-order valence-electron chi connectivity index (χ4n) is 1.77. The third-order valence-electron chi connectivity index (χ3n) is 2.68. The van der Waals surface area contributed by atoms with Crippen LogP contribution in [0.1, 0.15) is 17.2 Å². The van der Waals surface area contributed by atoms with Gasteiger partial charge in [-0.05, 0) is 29.8 Å². The van der Waals surface area contributed by atoms with Gasteiger partial charge in [-0.1, -0.05) is 41.4 Å². The van der Waals surface area contributed by atoms with Gasteiger partial charge in [-0.3, -0.25) is 0 Å². The van der Waals surface area contributed by atoms with Crippen molar-refractivity contribution in [2.75, 3.05) is 0 Å². The normalized spacial score (nSPS) is 12.4. The molecule has 0 aromatic heterocycles. The lowest BCUT2D eigenvalue weighted by molar-refractivity contribution is 0.178. The molecule has 0 heterocycles. The molecule has 2 aromatic carbocycles. The van der Waals surface area contributed by atoms with Crippen molar-refractivity contribution in [2.45, 2.75) is 12.5 Å². The van der Waals surface area contributed by atoms with Gasteiger partial charge in [0.25, 0.3) is 0 Å². The zero-order valence-corrected chi connectivity index (χ0v) is 10.9. The fraction of sp³-hybridized carbons (Fsp3) is 0.143. The van der Waals surface area contributed by atoms with E-state index in [1.54, 1.807) is 30.3 Å². The van der Waals surface area contributed by atoms with Gasteiger partial charge in [-0.15, -0.1) is 0 Å². The van der Waals surface area contributed by atoms with Crippen LogP contribution in [0.5, 0.6) is 0 Å². The summed E-state index contributed by atoms with van der Waals surface area (Å²) >= 11 is 12.0. The largest absolute Gasteiger partial charge is 0.388 e. The Balaban J connectivity index is 2.22. The molecule has 0 saturated heterocycles. The van der Waals surface area contributed by atoms with Crippen molar-refractivity contribution in [1.29, 1.82) is 0 Å². The minimum Gasteiger partial charge on any atom is -0.388 e. The Morgan fingerprint density at radius 1 is 1.00 bits per heavy atom. The first-order valence-electron chi connectivity index (χ1n) is 5.44. The van der Waals surface area contributed by atoms with Gasteiger partial charge in [-0.25, -0.2) is 4.39 Å². The highest BCUT2D eigenvalue weighted by Crippen LogP contribution is 2.31. The number of hydrogen-bond donors (Lipinski definition) is 1. The second-order valence-corrected chi connectivity index (χ2v) is 4.80. The number of hydrogen-bond acceptors (Lipinski definition) is 1. The molecule has 2 aromatic rings. The van der Waals surface area contributed by atoms with Crippen LogP contribution in [0.15, 0.2) is 42.5 Å². The molecule has 18 heavy (non-hydrogen) atoms. The molecule has 0 bridgehead atoms. The maximum Gasteiger partial charge on any atom is 0.123 e. The molecule has 1 N–H and O–H groups in total. The van der Waals surface area contributed by atoms with Crippen molar-refractivity contribution in [2.24, 2.45) is 0 Å². The lowest BCUT2D eigenvalue weighted by Crippen LogP contribution is -2.03. The number of aliphatic hydroxyl groups excluding tert-OH is 1. The molecular formula is C14H11Cl2FO. The minimum atomic E-state index is -0.809. The molecule has 0 spiro atoms. The second kappa shape index (κ2) is 5.70. The summed E-state index contributed by atoms with van der Waals surface area (Å²) in [6.07, 6.45) is -0.472. The standard InChI is InChI=1S/C14H11Cl2FO/c15-11-2-1-3-12(16)14(11)13(18)8-9-4-6-10(17)7-5-9/h1-7,13,18H,8H2. The minimum absolute atomic E-state index is 0.302. The van der Waals surface area contributed by atoms with E-state index in [0.717, 1.165) is 5.56 Å². The predicted octanol–water partition coefficient (Wildman–Crippen LogP) is 4.41. The van der Waals surface area contributed by atoms with E-state index in [-0.39, 0.29) is 5.82 Å². The Labute approximate surface area is 115 Å². The summed E-state index contributed by atoms with van der Waals surface area (Å²) < 4.78 is 12.8. The summed E-state index contributed by atoms with van der Waals surface area (Å²) in [5.74, 6) is -0.302. The van der Waals surface area contributed by atoms with Gasteiger partial charge >= 0.3 is 0 Å². The van der Waals surface area contributed by atoms with Gasteiger partial charge in [0.1, 0.15) is 5.82 Å². The van der Waals surface area contributed by atoms with Crippen LogP contribution in [0.2, 0.25) is 10.0 Å². The Hall–Kier alpha value is -1.09. The van der Waals surface area contributed by atoms with Crippen LogP contribution in [-0.4, -0.2) is 5.11 Å². The van der Waals surface area contributed by atoms with E-state index in [4.69, 9.17) is 23.2 Å². The number of halogens is 3. The van der Waals surface area contributed by atoms with Gasteiger partial charge in [-0.2, -0.15) is 0 Å². The summed E-state index contributed by atoms with van der Waals surface area (Å²) in [7, 11) is 0. The molecule has 0 aliphatic carbocycles. The Bertz CT molecular complexity index is 520. The van der Waals surface area contributed by atoms with Crippen molar-refractivity contribution in [1.82, 2.24) is 0 Å². The maximum atomic E-state index is 12.8. The summed E-state index contributed by atoms with van der Waals surface area (Å²) in [5.41, 5.74) is 1.32. The first-order chi connectivity index (χ1) is 8.58. The van der Waals surface area contributed by atoms with Crippen molar-refractivity contribution < 1.29 is 9.50 Å².